The summed E-state index contributed by atoms with van der Waals surface area (Å²) in [7, 11) is 0. The SMILES string of the molecule is CSc1ccc(NCC2(CO)CC2)cc1. The van der Waals surface area contributed by atoms with Gasteiger partial charge in [-0.15, -0.1) is 11.8 Å². The normalized spacial score (nSPS) is 17.5. The Morgan fingerprint density at radius 3 is 2.47 bits per heavy atom. The van der Waals surface area contributed by atoms with Crippen molar-refractivity contribution in [2.45, 2.75) is 17.7 Å². The van der Waals surface area contributed by atoms with E-state index >= 15 is 0 Å². The molecule has 0 bridgehead atoms. The second-order valence-electron chi connectivity index (χ2n) is 4.24. The van der Waals surface area contributed by atoms with Crippen molar-refractivity contribution < 1.29 is 5.11 Å². The summed E-state index contributed by atoms with van der Waals surface area (Å²) >= 11 is 1.75. The van der Waals surface area contributed by atoms with Crippen molar-refractivity contribution in [1.82, 2.24) is 0 Å². The number of anilines is 1. The Labute approximate surface area is 95.1 Å². The molecule has 0 spiro atoms. The van der Waals surface area contributed by atoms with Gasteiger partial charge in [-0.2, -0.15) is 0 Å². The van der Waals surface area contributed by atoms with Gasteiger partial charge >= 0.3 is 0 Å². The van der Waals surface area contributed by atoms with Crippen LogP contribution in [-0.2, 0) is 0 Å². The minimum Gasteiger partial charge on any atom is -0.396 e. The van der Waals surface area contributed by atoms with Gasteiger partial charge in [0, 0.05) is 22.5 Å². The molecule has 1 aliphatic rings. The molecule has 1 aliphatic carbocycles. The first kappa shape index (κ1) is 10.8. The van der Waals surface area contributed by atoms with E-state index in [0.717, 1.165) is 25.1 Å². The van der Waals surface area contributed by atoms with Crippen LogP contribution in [0.3, 0.4) is 0 Å². The highest BCUT2D eigenvalue weighted by atomic mass is 32.2. The van der Waals surface area contributed by atoms with Crippen molar-refractivity contribution in [2.24, 2.45) is 5.41 Å². The average Bonchev–Trinajstić information content (AvgIpc) is 3.08. The fourth-order valence-corrected chi connectivity index (χ4v) is 1.97. The van der Waals surface area contributed by atoms with E-state index in [1.54, 1.807) is 11.8 Å². The fourth-order valence-electron chi connectivity index (χ4n) is 1.57. The Morgan fingerprint density at radius 2 is 2.00 bits per heavy atom. The minimum atomic E-state index is 0.179. The van der Waals surface area contributed by atoms with Crippen molar-refractivity contribution in [2.75, 3.05) is 24.7 Å². The summed E-state index contributed by atoms with van der Waals surface area (Å²) in [6, 6.07) is 8.43. The van der Waals surface area contributed by atoms with Gasteiger partial charge in [-0.25, -0.2) is 0 Å². The monoisotopic (exact) mass is 223 g/mol. The first-order valence-electron chi connectivity index (χ1n) is 5.27. The van der Waals surface area contributed by atoms with Crippen LogP contribution in [0, 0.1) is 5.41 Å². The number of thioether (sulfide) groups is 1. The molecule has 0 atom stereocenters. The summed E-state index contributed by atoms with van der Waals surface area (Å²) in [6.07, 6.45) is 4.38. The first-order chi connectivity index (χ1) is 7.28. The third-order valence-corrected chi connectivity index (χ3v) is 3.79. The Morgan fingerprint density at radius 1 is 1.33 bits per heavy atom. The zero-order chi connectivity index (χ0) is 10.7. The van der Waals surface area contributed by atoms with Gasteiger partial charge in [-0.3, -0.25) is 0 Å². The number of hydrogen-bond donors (Lipinski definition) is 2. The Balaban J connectivity index is 1.88. The molecule has 2 rings (SSSR count). The van der Waals surface area contributed by atoms with E-state index in [9.17, 15) is 5.11 Å². The van der Waals surface area contributed by atoms with Crippen LogP contribution >= 0.6 is 11.8 Å². The smallest absolute Gasteiger partial charge is 0.0504 e. The Kier molecular flexibility index (Phi) is 3.22. The van der Waals surface area contributed by atoms with Gasteiger partial charge < -0.3 is 10.4 Å². The molecular formula is C12H17NOS. The molecule has 1 fully saturated rings. The Bertz CT molecular complexity index is 319. The van der Waals surface area contributed by atoms with Gasteiger partial charge in [0.2, 0.25) is 0 Å². The van der Waals surface area contributed by atoms with Crippen molar-refractivity contribution in [1.29, 1.82) is 0 Å². The second kappa shape index (κ2) is 4.45. The second-order valence-corrected chi connectivity index (χ2v) is 5.12. The van der Waals surface area contributed by atoms with Gasteiger partial charge in [-0.05, 0) is 43.4 Å². The third-order valence-electron chi connectivity index (χ3n) is 3.05. The van der Waals surface area contributed by atoms with Gasteiger partial charge in [-0.1, -0.05) is 0 Å². The van der Waals surface area contributed by atoms with Crippen molar-refractivity contribution >= 4 is 17.4 Å². The summed E-state index contributed by atoms with van der Waals surface area (Å²) in [4.78, 5) is 1.28. The van der Waals surface area contributed by atoms with E-state index in [-0.39, 0.29) is 5.41 Å². The third kappa shape index (κ3) is 2.67. The maximum absolute atomic E-state index is 9.17. The molecule has 0 amide bonds. The van der Waals surface area contributed by atoms with Gasteiger partial charge in [0.15, 0.2) is 0 Å². The van der Waals surface area contributed by atoms with Crippen LogP contribution in [0.15, 0.2) is 29.2 Å². The number of benzene rings is 1. The van der Waals surface area contributed by atoms with Crippen molar-refractivity contribution in [3.05, 3.63) is 24.3 Å². The summed E-state index contributed by atoms with van der Waals surface area (Å²) < 4.78 is 0. The zero-order valence-electron chi connectivity index (χ0n) is 8.99. The van der Waals surface area contributed by atoms with Gasteiger partial charge in [0.25, 0.3) is 0 Å². The van der Waals surface area contributed by atoms with Crippen molar-refractivity contribution in [3.63, 3.8) is 0 Å². The maximum atomic E-state index is 9.17. The van der Waals surface area contributed by atoms with E-state index in [2.05, 4.69) is 35.8 Å². The average molecular weight is 223 g/mol. The standard InChI is InChI=1S/C12H17NOS/c1-15-11-4-2-10(3-5-11)13-8-12(9-14)6-7-12/h2-5,13-14H,6-9H2,1H3. The Hall–Kier alpha value is -0.670. The van der Waals surface area contributed by atoms with Gasteiger partial charge in [0.1, 0.15) is 0 Å². The molecule has 1 saturated carbocycles. The first-order valence-corrected chi connectivity index (χ1v) is 6.49. The van der Waals surface area contributed by atoms with Crippen LogP contribution in [0.25, 0.3) is 0 Å². The molecule has 82 valence electrons. The largest absolute Gasteiger partial charge is 0.396 e. The fraction of sp³-hybridized carbons (Fsp3) is 0.500. The molecule has 3 heteroatoms. The highest BCUT2D eigenvalue weighted by molar-refractivity contribution is 7.98. The molecular weight excluding hydrogens is 206 g/mol. The molecule has 0 unspecified atom stereocenters. The molecule has 2 nitrogen and oxygen atoms in total. The molecule has 2 N–H and O–H groups in total. The number of rotatable bonds is 5. The summed E-state index contributed by atoms with van der Waals surface area (Å²) in [5, 5.41) is 12.6. The summed E-state index contributed by atoms with van der Waals surface area (Å²) in [5.74, 6) is 0. The lowest BCUT2D eigenvalue weighted by Gasteiger charge is -2.13. The quantitative estimate of drug-likeness (QED) is 0.753. The molecule has 0 saturated heterocycles. The van der Waals surface area contributed by atoms with E-state index in [4.69, 9.17) is 0 Å². The molecule has 0 heterocycles. The van der Waals surface area contributed by atoms with E-state index in [1.165, 1.54) is 4.90 Å². The van der Waals surface area contributed by atoms with E-state index in [0.29, 0.717) is 6.61 Å². The lowest BCUT2D eigenvalue weighted by atomic mass is 10.1. The molecule has 1 aromatic rings. The predicted molar refractivity (Wildman–Crippen MR) is 65.5 cm³/mol. The molecule has 0 radical (unpaired) electrons. The lowest BCUT2D eigenvalue weighted by molar-refractivity contribution is 0.220. The predicted octanol–water partition coefficient (Wildman–Crippen LogP) is 2.59. The van der Waals surface area contributed by atoms with Crippen LogP contribution in [0.4, 0.5) is 5.69 Å². The minimum absolute atomic E-state index is 0.179. The zero-order valence-corrected chi connectivity index (χ0v) is 9.81. The maximum Gasteiger partial charge on any atom is 0.0504 e. The van der Waals surface area contributed by atoms with Gasteiger partial charge in [0.05, 0.1) is 6.61 Å². The number of hydrogen-bond acceptors (Lipinski definition) is 3. The molecule has 0 aromatic heterocycles. The topological polar surface area (TPSA) is 32.3 Å². The number of nitrogens with one attached hydrogen (secondary N) is 1. The summed E-state index contributed by atoms with van der Waals surface area (Å²) in [6.45, 7) is 1.20. The summed E-state index contributed by atoms with van der Waals surface area (Å²) in [5.41, 5.74) is 1.32. The lowest BCUT2D eigenvalue weighted by Crippen LogP contribution is -2.18. The highest BCUT2D eigenvalue weighted by Gasteiger charge is 2.41. The van der Waals surface area contributed by atoms with E-state index < -0.39 is 0 Å². The van der Waals surface area contributed by atoms with Crippen molar-refractivity contribution in [3.8, 4) is 0 Å². The van der Waals surface area contributed by atoms with Crippen LogP contribution < -0.4 is 5.32 Å². The number of aliphatic hydroxyl groups is 1. The van der Waals surface area contributed by atoms with Crippen LogP contribution in [0.5, 0.6) is 0 Å². The molecule has 15 heavy (non-hydrogen) atoms. The van der Waals surface area contributed by atoms with E-state index in [1.807, 2.05) is 0 Å². The van der Waals surface area contributed by atoms with Crippen LogP contribution in [0.1, 0.15) is 12.8 Å². The molecule has 1 aromatic carbocycles. The van der Waals surface area contributed by atoms with Crippen LogP contribution in [-0.4, -0.2) is 24.5 Å². The molecule has 0 aliphatic heterocycles. The highest BCUT2D eigenvalue weighted by Crippen LogP contribution is 2.44. The van der Waals surface area contributed by atoms with Crippen LogP contribution in [0.2, 0.25) is 0 Å². The number of aliphatic hydroxyl groups excluding tert-OH is 1.